The molecule has 96 valence electrons. The highest BCUT2D eigenvalue weighted by Crippen LogP contribution is 2.20. The lowest BCUT2D eigenvalue weighted by molar-refractivity contribution is 0.398. The number of unbranched alkanes of at least 4 members (excludes halogenated alkanes) is 1. The van der Waals surface area contributed by atoms with Crippen LogP contribution in [0.15, 0.2) is 32.2 Å². The second kappa shape index (κ2) is 5.08. The Morgan fingerprint density at radius 3 is 2.78 bits per heavy atom. The standard InChI is InChI=1S/C13H15NO4/c1-3-4-8-14-9-6-5-7-10(17-2)11(9)12(15)18-13(14)16/h5-7H,3-4,8H2,1-2H3. The summed E-state index contributed by atoms with van der Waals surface area (Å²) in [6.45, 7) is 2.57. The van der Waals surface area contributed by atoms with Crippen molar-refractivity contribution in [1.29, 1.82) is 0 Å². The van der Waals surface area contributed by atoms with E-state index in [9.17, 15) is 9.59 Å². The van der Waals surface area contributed by atoms with Gasteiger partial charge in [0.05, 0.1) is 12.6 Å². The molecule has 0 saturated carbocycles. The Morgan fingerprint density at radius 1 is 1.33 bits per heavy atom. The van der Waals surface area contributed by atoms with Gasteiger partial charge in [-0.1, -0.05) is 19.4 Å². The average Bonchev–Trinajstić information content (AvgIpc) is 2.37. The highest BCUT2D eigenvalue weighted by atomic mass is 16.5. The van der Waals surface area contributed by atoms with Crippen LogP contribution in [0.25, 0.3) is 10.9 Å². The van der Waals surface area contributed by atoms with Crippen LogP contribution in [-0.4, -0.2) is 11.7 Å². The molecule has 0 aliphatic heterocycles. The van der Waals surface area contributed by atoms with Crippen LogP contribution in [0.1, 0.15) is 19.8 Å². The highest BCUT2D eigenvalue weighted by molar-refractivity contribution is 5.84. The van der Waals surface area contributed by atoms with Gasteiger partial charge in [0, 0.05) is 6.54 Å². The summed E-state index contributed by atoms with van der Waals surface area (Å²) < 4.78 is 11.3. The molecular weight excluding hydrogens is 234 g/mol. The van der Waals surface area contributed by atoms with Gasteiger partial charge in [0.2, 0.25) is 0 Å². The Bertz CT molecular complexity index is 669. The lowest BCUT2D eigenvalue weighted by Crippen LogP contribution is -2.25. The van der Waals surface area contributed by atoms with Crippen LogP contribution in [0.5, 0.6) is 5.75 Å². The molecule has 0 saturated heterocycles. The first kappa shape index (κ1) is 12.4. The third-order valence-electron chi connectivity index (χ3n) is 2.85. The van der Waals surface area contributed by atoms with Crippen molar-refractivity contribution in [1.82, 2.24) is 4.57 Å². The van der Waals surface area contributed by atoms with Crippen LogP contribution in [0, 0.1) is 0 Å². The largest absolute Gasteiger partial charge is 0.496 e. The topological polar surface area (TPSA) is 61.4 Å². The van der Waals surface area contributed by atoms with Crippen molar-refractivity contribution in [2.45, 2.75) is 26.3 Å². The Kier molecular flexibility index (Phi) is 3.50. The zero-order valence-corrected chi connectivity index (χ0v) is 10.4. The maximum absolute atomic E-state index is 11.7. The molecule has 0 spiro atoms. The fourth-order valence-corrected chi connectivity index (χ4v) is 1.93. The number of hydrogen-bond donors (Lipinski definition) is 0. The maximum Gasteiger partial charge on any atom is 0.422 e. The second-order valence-electron chi connectivity index (χ2n) is 4.02. The molecule has 2 aromatic rings. The predicted molar refractivity (Wildman–Crippen MR) is 68.2 cm³/mol. The average molecular weight is 249 g/mol. The van der Waals surface area contributed by atoms with E-state index >= 15 is 0 Å². The molecule has 5 heteroatoms. The van der Waals surface area contributed by atoms with Crippen LogP contribution < -0.4 is 16.1 Å². The maximum atomic E-state index is 11.7. The van der Waals surface area contributed by atoms with Crippen molar-refractivity contribution in [2.75, 3.05) is 7.11 Å². The predicted octanol–water partition coefficient (Wildman–Crippen LogP) is 1.76. The Balaban J connectivity index is 2.78. The van der Waals surface area contributed by atoms with Crippen molar-refractivity contribution >= 4 is 10.9 Å². The number of benzene rings is 1. The van der Waals surface area contributed by atoms with Gasteiger partial charge >= 0.3 is 11.4 Å². The summed E-state index contributed by atoms with van der Waals surface area (Å²) in [7, 11) is 1.48. The van der Waals surface area contributed by atoms with Gasteiger partial charge < -0.3 is 9.15 Å². The molecular formula is C13H15NO4. The van der Waals surface area contributed by atoms with E-state index in [1.54, 1.807) is 18.2 Å². The van der Waals surface area contributed by atoms with Gasteiger partial charge in [-0.2, -0.15) is 0 Å². The summed E-state index contributed by atoms with van der Waals surface area (Å²) in [6.07, 6.45) is 1.80. The third kappa shape index (κ3) is 2.03. The summed E-state index contributed by atoms with van der Waals surface area (Å²) >= 11 is 0. The molecule has 1 heterocycles. The van der Waals surface area contributed by atoms with E-state index in [1.165, 1.54) is 11.7 Å². The summed E-state index contributed by atoms with van der Waals surface area (Å²) in [5, 5.41) is 0.315. The molecule has 0 fully saturated rings. The van der Waals surface area contributed by atoms with Crippen LogP contribution in [-0.2, 0) is 6.54 Å². The molecule has 1 aromatic carbocycles. The number of aryl methyl sites for hydroxylation is 1. The monoisotopic (exact) mass is 249 g/mol. The molecule has 1 aromatic heterocycles. The van der Waals surface area contributed by atoms with Crippen molar-refractivity contribution < 1.29 is 9.15 Å². The first-order chi connectivity index (χ1) is 8.69. The zero-order valence-electron chi connectivity index (χ0n) is 10.4. The molecule has 0 atom stereocenters. The minimum Gasteiger partial charge on any atom is -0.496 e. The normalized spacial score (nSPS) is 10.8. The van der Waals surface area contributed by atoms with Crippen molar-refractivity contribution in [3.8, 4) is 5.75 Å². The van der Waals surface area contributed by atoms with Gasteiger partial charge in [0.25, 0.3) is 0 Å². The SMILES string of the molecule is CCCCn1c(=O)oc(=O)c2c(OC)cccc21. The lowest BCUT2D eigenvalue weighted by Gasteiger charge is -2.09. The van der Waals surface area contributed by atoms with Gasteiger partial charge in [-0.25, -0.2) is 9.59 Å². The van der Waals surface area contributed by atoms with E-state index in [-0.39, 0.29) is 0 Å². The third-order valence-corrected chi connectivity index (χ3v) is 2.85. The number of fused-ring (bicyclic) bond motifs is 1. The molecule has 5 nitrogen and oxygen atoms in total. The van der Waals surface area contributed by atoms with Gasteiger partial charge in [-0.3, -0.25) is 4.57 Å². The fraction of sp³-hybridized carbons (Fsp3) is 0.385. The van der Waals surface area contributed by atoms with E-state index in [1.807, 2.05) is 6.92 Å². The van der Waals surface area contributed by atoms with Crippen LogP contribution in [0.3, 0.4) is 0 Å². The van der Waals surface area contributed by atoms with E-state index < -0.39 is 11.4 Å². The fourth-order valence-electron chi connectivity index (χ4n) is 1.93. The van der Waals surface area contributed by atoms with Crippen molar-refractivity contribution in [3.63, 3.8) is 0 Å². The molecule has 0 bridgehead atoms. The Labute approximate surface area is 104 Å². The number of methoxy groups -OCH3 is 1. The minimum atomic E-state index is -0.653. The van der Waals surface area contributed by atoms with Crippen molar-refractivity contribution in [2.24, 2.45) is 0 Å². The highest BCUT2D eigenvalue weighted by Gasteiger charge is 2.12. The first-order valence-corrected chi connectivity index (χ1v) is 5.89. The summed E-state index contributed by atoms with van der Waals surface area (Å²) in [5.74, 6) is -0.194. The number of aromatic nitrogens is 1. The summed E-state index contributed by atoms with van der Waals surface area (Å²) in [4.78, 5) is 23.5. The summed E-state index contributed by atoms with van der Waals surface area (Å²) in [6, 6.07) is 5.15. The number of hydrogen-bond acceptors (Lipinski definition) is 4. The first-order valence-electron chi connectivity index (χ1n) is 5.89. The Hall–Kier alpha value is -2.04. The molecule has 0 N–H and O–H groups in total. The molecule has 18 heavy (non-hydrogen) atoms. The number of nitrogens with zero attached hydrogens (tertiary/aromatic N) is 1. The van der Waals surface area contributed by atoms with E-state index in [4.69, 9.17) is 9.15 Å². The smallest absolute Gasteiger partial charge is 0.422 e. The quantitative estimate of drug-likeness (QED) is 0.828. The molecule has 0 unspecified atom stereocenters. The lowest BCUT2D eigenvalue weighted by atomic mass is 10.2. The summed E-state index contributed by atoms with van der Waals surface area (Å²) in [5.41, 5.74) is -0.0933. The molecule has 0 aliphatic rings. The van der Waals surface area contributed by atoms with Gasteiger partial charge in [-0.05, 0) is 18.6 Å². The zero-order chi connectivity index (χ0) is 13.1. The van der Waals surface area contributed by atoms with Crippen LogP contribution >= 0.6 is 0 Å². The van der Waals surface area contributed by atoms with Gasteiger partial charge in [0.1, 0.15) is 11.1 Å². The minimum absolute atomic E-state index is 0.315. The molecule has 2 rings (SSSR count). The van der Waals surface area contributed by atoms with Gasteiger partial charge in [0.15, 0.2) is 0 Å². The van der Waals surface area contributed by atoms with Gasteiger partial charge in [-0.15, -0.1) is 0 Å². The van der Waals surface area contributed by atoms with E-state index in [2.05, 4.69) is 0 Å². The van der Waals surface area contributed by atoms with E-state index in [0.29, 0.717) is 23.2 Å². The van der Waals surface area contributed by atoms with Crippen LogP contribution in [0.2, 0.25) is 0 Å². The number of ether oxygens (including phenoxy) is 1. The molecule has 0 radical (unpaired) electrons. The Morgan fingerprint density at radius 2 is 2.11 bits per heavy atom. The molecule has 0 aliphatic carbocycles. The molecule has 0 amide bonds. The number of rotatable bonds is 4. The van der Waals surface area contributed by atoms with Crippen LogP contribution in [0.4, 0.5) is 0 Å². The van der Waals surface area contributed by atoms with Crippen molar-refractivity contribution in [3.05, 3.63) is 39.2 Å². The second-order valence-corrected chi connectivity index (χ2v) is 4.02. The van der Waals surface area contributed by atoms with E-state index in [0.717, 1.165) is 12.8 Å².